The van der Waals surface area contributed by atoms with Gasteiger partial charge in [-0.2, -0.15) is 0 Å². The van der Waals surface area contributed by atoms with Gasteiger partial charge in [-0.25, -0.2) is 4.79 Å². The van der Waals surface area contributed by atoms with Gasteiger partial charge in [0.2, 0.25) is 0 Å². The van der Waals surface area contributed by atoms with Crippen molar-refractivity contribution < 1.29 is 15.0 Å². The van der Waals surface area contributed by atoms with Gasteiger partial charge in [0.1, 0.15) is 0 Å². The molecule has 2 N–H and O–H groups in total. The lowest BCUT2D eigenvalue weighted by molar-refractivity contribution is -0.132. The van der Waals surface area contributed by atoms with Crippen molar-refractivity contribution in [2.45, 2.75) is 32.3 Å². The van der Waals surface area contributed by atoms with Gasteiger partial charge in [-0.05, 0) is 24.8 Å². The summed E-state index contributed by atoms with van der Waals surface area (Å²) in [5, 5.41) is 18.9. The molecule has 0 heterocycles. The van der Waals surface area contributed by atoms with Crippen LogP contribution in [-0.2, 0) is 4.79 Å². The summed E-state index contributed by atoms with van der Waals surface area (Å²) >= 11 is 0. The number of carbonyl (C=O) groups is 1. The molecule has 0 aromatic heterocycles. The molecule has 0 amide bonds. The first-order valence-corrected chi connectivity index (χ1v) is 4.88. The maximum atomic E-state index is 11.0. The molecule has 0 bridgehead atoms. The minimum atomic E-state index is -0.878. The fraction of sp³-hybridized carbons (Fsp3) is 0.545. The summed E-state index contributed by atoms with van der Waals surface area (Å²) in [4.78, 5) is 11.0. The molecule has 0 saturated heterocycles. The maximum Gasteiger partial charge on any atom is 0.335 e. The van der Waals surface area contributed by atoms with E-state index in [1.54, 1.807) is 6.08 Å². The van der Waals surface area contributed by atoms with Gasteiger partial charge in [0, 0.05) is 5.41 Å². The highest BCUT2D eigenvalue weighted by atomic mass is 16.4. The number of carboxylic acids is 1. The molecule has 76 valence electrons. The predicted octanol–water partition coefficient (Wildman–Crippen LogP) is 1.49. The molecule has 2 atom stereocenters. The molecule has 2 rings (SSSR count). The van der Waals surface area contributed by atoms with Crippen molar-refractivity contribution in [1.82, 2.24) is 0 Å². The van der Waals surface area contributed by atoms with E-state index in [1.807, 2.05) is 13.0 Å². The number of allylic oxidation sites excluding steroid dienone is 1. The van der Waals surface area contributed by atoms with Gasteiger partial charge < -0.3 is 10.2 Å². The summed E-state index contributed by atoms with van der Waals surface area (Å²) < 4.78 is 0. The second kappa shape index (κ2) is 2.95. The summed E-state index contributed by atoms with van der Waals surface area (Å²) in [6, 6.07) is 0. The van der Waals surface area contributed by atoms with Crippen molar-refractivity contribution in [1.29, 1.82) is 0 Å². The highest BCUT2D eigenvalue weighted by molar-refractivity contribution is 5.92. The highest BCUT2D eigenvalue weighted by Crippen LogP contribution is 2.48. The van der Waals surface area contributed by atoms with Crippen LogP contribution in [0.4, 0.5) is 0 Å². The largest absolute Gasteiger partial charge is 0.478 e. The summed E-state index contributed by atoms with van der Waals surface area (Å²) in [5.74, 6) is -0.878. The molecular formula is C11H14O3. The Balaban J connectivity index is 2.45. The summed E-state index contributed by atoms with van der Waals surface area (Å²) in [7, 11) is 0. The number of aliphatic hydroxyl groups excluding tert-OH is 1. The van der Waals surface area contributed by atoms with Gasteiger partial charge in [0.15, 0.2) is 0 Å². The van der Waals surface area contributed by atoms with E-state index in [4.69, 9.17) is 5.11 Å². The standard InChI is InChI=1S/C11H14O3/c1-11-6-2-3-8(11)7(10(13)14)4-5-9(11)12/h3-4,9,12H,2,5-6H2,1H3,(H,13,14)/t9-,11-/m0/s1. The first kappa shape index (κ1) is 9.46. The molecule has 0 spiro atoms. The first-order valence-electron chi connectivity index (χ1n) is 4.88. The average Bonchev–Trinajstić information content (AvgIpc) is 2.49. The lowest BCUT2D eigenvalue weighted by Gasteiger charge is -2.36. The molecule has 0 aromatic rings. The Kier molecular flexibility index (Phi) is 2.00. The number of fused-ring (bicyclic) bond motifs is 1. The zero-order valence-corrected chi connectivity index (χ0v) is 8.16. The van der Waals surface area contributed by atoms with Crippen LogP contribution >= 0.6 is 0 Å². The summed E-state index contributed by atoms with van der Waals surface area (Å²) in [5.41, 5.74) is 0.877. The predicted molar refractivity (Wildman–Crippen MR) is 51.8 cm³/mol. The Morgan fingerprint density at radius 2 is 2.29 bits per heavy atom. The minimum absolute atomic E-state index is 0.331. The third-order valence-corrected chi connectivity index (χ3v) is 3.43. The third kappa shape index (κ3) is 1.12. The average molecular weight is 194 g/mol. The van der Waals surface area contributed by atoms with E-state index >= 15 is 0 Å². The molecule has 0 fully saturated rings. The van der Waals surface area contributed by atoms with E-state index in [9.17, 15) is 9.90 Å². The van der Waals surface area contributed by atoms with Gasteiger partial charge in [0.05, 0.1) is 11.7 Å². The van der Waals surface area contributed by atoms with Crippen LogP contribution < -0.4 is 0 Å². The van der Waals surface area contributed by atoms with Crippen molar-refractivity contribution in [3.63, 3.8) is 0 Å². The van der Waals surface area contributed by atoms with Crippen molar-refractivity contribution in [3.8, 4) is 0 Å². The SMILES string of the molecule is C[C@]12CCC=C1C(C(=O)O)=CC[C@@H]2O. The molecule has 2 aliphatic carbocycles. The maximum absolute atomic E-state index is 11.0. The minimum Gasteiger partial charge on any atom is -0.478 e. The van der Waals surface area contributed by atoms with Crippen LogP contribution in [0.15, 0.2) is 23.3 Å². The first-order chi connectivity index (χ1) is 6.55. The topological polar surface area (TPSA) is 57.5 Å². The van der Waals surface area contributed by atoms with Crippen LogP contribution in [0, 0.1) is 5.41 Å². The number of aliphatic carboxylic acids is 1. The zero-order valence-electron chi connectivity index (χ0n) is 8.16. The molecule has 0 radical (unpaired) electrons. The normalized spacial score (nSPS) is 36.0. The Hall–Kier alpha value is -1.09. The lowest BCUT2D eigenvalue weighted by atomic mass is 9.70. The number of hydrogen-bond donors (Lipinski definition) is 2. The number of rotatable bonds is 1. The summed E-state index contributed by atoms with van der Waals surface area (Å²) in [6.45, 7) is 1.95. The second-order valence-corrected chi connectivity index (χ2v) is 4.25. The van der Waals surface area contributed by atoms with E-state index in [0.717, 1.165) is 18.4 Å². The van der Waals surface area contributed by atoms with Crippen molar-refractivity contribution >= 4 is 5.97 Å². The molecule has 0 unspecified atom stereocenters. The van der Waals surface area contributed by atoms with E-state index in [2.05, 4.69) is 0 Å². The number of hydrogen-bond acceptors (Lipinski definition) is 2. The van der Waals surface area contributed by atoms with Crippen LogP contribution in [0.2, 0.25) is 0 Å². The van der Waals surface area contributed by atoms with Gasteiger partial charge >= 0.3 is 5.97 Å². The van der Waals surface area contributed by atoms with Gasteiger partial charge in [-0.15, -0.1) is 0 Å². The van der Waals surface area contributed by atoms with Gasteiger partial charge in [0.25, 0.3) is 0 Å². The van der Waals surface area contributed by atoms with Crippen LogP contribution in [0.25, 0.3) is 0 Å². The van der Waals surface area contributed by atoms with Crippen molar-refractivity contribution in [2.24, 2.45) is 5.41 Å². The highest BCUT2D eigenvalue weighted by Gasteiger charge is 2.44. The second-order valence-electron chi connectivity index (χ2n) is 4.25. The van der Waals surface area contributed by atoms with Crippen LogP contribution in [-0.4, -0.2) is 22.3 Å². The molecular weight excluding hydrogens is 180 g/mol. The van der Waals surface area contributed by atoms with Gasteiger partial charge in [-0.1, -0.05) is 19.1 Å². The molecule has 0 aliphatic heterocycles. The fourth-order valence-corrected chi connectivity index (χ4v) is 2.45. The molecule has 2 aliphatic rings. The third-order valence-electron chi connectivity index (χ3n) is 3.43. The number of aliphatic hydroxyl groups is 1. The fourth-order valence-electron chi connectivity index (χ4n) is 2.45. The monoisotopic (exact) mass is 194 g/mol. The van der Waals surface area contributed by atoms with Crippen LogP contribution in [0.1, 0.15) is 26.2 Å². The van der Waals surface area contributed by atoms with E-state index in [0.29, 0.717) is 12.0 Å². The van der Waals surface area contributed by atoms with E-state index in [1.165, 1.54) is 0 Å². The molecule has 14 heavy (non-hydrogen) atoms. The van der Waals surface area contributed by atoms with Crippen molar-refractivity contribution in [3.05, 3.63) is 23.3 Å². The number of carboxylic acid groups (broad SMARTS) is 1. The smallest absolute Gasteiger partial charge is 0.335 e. The quantitative estimate of drug-likeness (QED) is 0.664. The van der Waals surface area contributed by atoms with Crippen molar-refractivity contribution in [2.75, 3.05) is 0 Å². The molecule has 0 saturated carbocycles. The van der Waals surface area contributed by atoms with Gasteiger partial charge in [-0.3, -0.25) is 0 Å². The van der Waals surface area contributed by atoms with E-state index in [-0.39, 0.29) is 5.41 Å². The Labute approximate surface area is 82.7 Å². The van der Waals surface area contributed by atoms with Crippen LogP contribution in [0.5, 0.6) is 0 Å². The summed E-state index contributed by atoms with van der Waals surface area (Å²) in [6.07, 6.45) is 5.32. The zero-order chi connectivity index (χ0) is 10.3. The van der Waals surface area contributed by atoms with Crippen LogP contribution in [0.3, 0.4) is 0 Å². The molecule has 3 nitrogen and oxygen atoms in total. The molecule has 3 heteroatoms. The Morgan fingerprint density at radius 1 is 1.57 bits per heavy atom. The Morgan fingerprint density at radius 3 is 2.93 bits per heavy atom. The Bertz CT molecular complexity index is 340. The molecule has 0 aromatic carbocycles. The lowest BCUT2D eigenvalue weighted by Crippen LogP contribution is -2.36. The van der Waals surface area contributed by atoms with E-state index < -0.39 is 12.1 Å².